The number of tetrazole rings is 1. The van der Waals surface area contributed by atoms with Crippen molar-refractivity contribution in [1.82, 2.24) is 24.9 Å². The predicted molar refractivity (Wildman–Crippen MR) is 171 cm³/mol. The maximum absolute atomic E-state index is 12.7. The third-order valence-corrected chi connectivity index (χ3v) is 10.2. The normalized spacial score (nSPS) is 20.0. The fourth-order valence-corrected chi connectivity index (χ4v) is 7.24. The van der Waals surface area contributed by atoms with Crippen LogP contribution in [0, 0.1) is 5.92 Å². The van der Waals surface area contributed by atoms with Gasteiger partial charge in [-0.2, -0.15) is 4.68 Å². The molecule has 1 aromatic heterocycles. The fourth-order valence-electron chi connectivity index (χ4n) is 5.15. The Hall–Kier alpha value is -4.11. The van der Waals surface area contributed by atoms with E-state index in [0.717, 1.165) is 27.9 Å². The van der Waals surface area contributed by atoms with Gasteiger partial charge in [-0.05, 0) is 63.5 Å². The number of benzene rings is 4. The molecule has 2 heterocycles. The summed E-state index contributed by atoms with van der Waals surface area (Å²) in [6.07, 6.45) is -1.25. The largest absolute Gasteiger partial charge is 0.508 e. The molecule has 0 unspecified atom stereocenters. The molecule has 3 N–H and O–H groups in total. The first-order chi connectivity index (χ1) is 22.3. The third kappa shape index (κ3) is 7.30. The van der Waals surface area contributed by atoms with Crippen molar-refractivity contribution < 1.29 is 28.1 Å². The molecule has 238 valence electrons. The van der Waals surface area contributed by atoms with Crippen LogP contribution in [0.5, 0.6) is 5.75 Å². The van der Waals surface area contributed by atoms with Crippen LogP contribution < -0.4 is 4.72 Å². The molecule has 13 heteroatoms. The number of phenols is 1. The zero-order valence-corrected chi connectivity index (χ0v) is 26.5. The van der Waals surface area contributed by atoms with Crippen molar-refractivity contribution in [1.29, 1.82) is 0 Å². The molecule has 11 nitrogen and oxygen atoms in total. The SMILES string of the molecule is C[C@H]1[C@@H](CSc2nnnn2-c2ccc(O)cc2)O[C@@H](c2ccc(CNS(=O)(=O)c3ccccc3)cc2)O[C@H]1c1ccc(CO)cc1. The van der Waals surface area contributed by atoms with Gasteiger partial charge in [0.15, 0.2) is 6.29 Å². The summed E-state index contributed by atoms with van der Waals surface area (Å²) in [5.74, 6) is 0.638. The number of aliphatic hydroxyl groups is 1. The Kier molecular flexibility index (Phi) is 9.78. The van der Waals surface area contributed by atoms with Crippen LogP contribution in [-0.4, -0.2) is 50.7 Å². The topological polar surface area (TPSA) is 149 Å². The summed E-state index contributed by atoms with van der Waals surface area (Å²) >= 11 is 1.46. The van der Waals surface area contributed by atoms with Gasteiger partial charge in [0.05, 0.1) is 29.4 Å². The van der Waals surface area contributed by atoms with E-state index in [-0.39, 0.29) is 41.9 Å². The molecule has 0 radical (unpaired) electrons. The summed E-state index contributed by atoms with van der Waals surface area (Å²) < 4.78 is 42.7. The van der Waals surface area contributed by atoms with Crippen molar-refractivity contribution in [3.05, 3.63) is 125 Å². The summed E-state index contributed by atoms with van der Waals surface area (Å²) in [5.41, 5.74) is 4.08. The van der Waals surface area contributed by atoms with E-state index in [1.165, 1.54) is 11.8 Å². The average molecular weight is 660 g/mol. The second kappa shape index (κ2) is 14.1. The van der Waals surface area contributed by atoms with Gasteiger partial charge in [0.2, 0.25) is 15.2 Å². The third-order valence-electron chi connectivity index (χ3n) is 7.81. The predicted octanol–water partition coefficient (Wildman–Crippen LogP) is 4.92. The molecule has 1 fully saturated rings. The van der Waals surface area contributed by atoms with Gasteiger partial charge in [-0.3, -0.25) is 0 Å². The molecule has 0 bridgehead atoms. The van der Waals surface area contributed by atoms with Crippen LogP contribution in [0.1, 0.15) is 41.6 Å². The minimum atomic E-state index is -3.64. The number of thioether (sulfide) groups is 1. The Bertz CT molecular complexity index is 1840. The van der Waals surface area contributed by atoms with E-state index in [0.29, 0.717) is 10.9 Å². The lowest BCUT2D eigenvalue weighted by atomic mass is 9.91. The summed E-state index contributed by atoms with van der Waals surface area (Å²) in [6, 6.07) is 30.1. The first kappa shape index (κ1) is 31.9. The average Bonchev–Trinajstić information content (AvgIpc) is 3.57. The first-order valence-electron chi connectivity index (χ1n) is 14.7. The molecule has 1 saturated heterocycles. The van der Waals surface area contributed by atoms with Gasteiger partial charge in [-0.15, -0.1) is 5.10 Å². The van der Waals surface area contributed by atoms with Crippen molar-refractivity contribution in [3.63, 3.8) is 0 Å². The maximum atomic E-state index is 12.7. The molecule has 1 aliphatic rings. The summed E-state index contributed by atoms with van der Waals surface area (Å²) in [5, 5.41) is 32.0. The highest BCUT2D eigenvalue weighted by atomic mass is 32.2. The zero-order valence-electron chi connectivity index (χ0n) is 24.9. The smallest absolute Gasteiger partial charge is 0.240 e. The Morgan fingerprint density at radius 1 is 0.870 bits per heavy atom. The van der Waals surface area contributed by atoms with Gasteiger partial charge in [-0.1, -0.05) is 85.4 Å². The maximum Gasteiger partial charge on any atom is 0.240 e. The van der Waals surface area contributed by atoms with Crippen molar-refractivity contribution in [2.45, 2.75) is 48.6 Å². The van der Waals surface area contributed by atoms with Crippen LogP contribution >= 0.6 is 11.8 Å². The number of nitrogens with one attached hydrogen (secondary N) is 1. The summed E-state index contributed by atoms with van der Waals surface area (Å²) in [4.78, 5) is 0.212. The van der Waals surface area contributed by atoms with Crippen LogP contribution in [0.15, 0.2) is 113 Å². The van der Waals surface area contributed by atoms with E-state index in [9.17, 15) is 18.6 Å². The molecule has 4 aromatic carbocycles. The van der Waals surface area contributed by atoms with Crippen LogP contribution in [0.2, 0.25) is 0 Å². The molecule has 1 aliphatic heterocycles. The van der Waals surface area contributed by atoms with Gasteiger partial charge >= 0.3 is 0 Å². The van der Waals surface area contributed by atoms with E-state index in [1.54, 1.807) is 59.3 Å². The van der Waals surface area contributed by atoms with Crippen LogP contribution in [0.25, 0.3) is 5.69 Å². The molecule has 0 spiro atoms. The van der Waals surface area contributed by atoms with Gasteiger partial charge in [0.25, 0.3) is 0 Å². The minimum Gasteiger partial charge on any atom is -0.508 e. The molecule has 6 rings (SSSR count). The van der Waals surface area contributed by atoms with Gasteiger partial charge in [0.1, 0.15) is 5.75 Å². The highest BCUT2D eigenvalue weighted by molar-refractivity contribution is 7.99. The fraction of sp³-hybridized carbons (Fsp3) is 0.242. The van der Waals surface area contributed by atoms with E-state index >= 15 is 0 Å². The molecular formula is C33H33N5O6S2. The lowest BCUT2D eigenvalue weighted by molar-refractivity contribution is -0.268. The number of aromatic hydroxyl groups is 1. The number of phenolic OH excluding ortho intramolecular Hbond substituents is 1. The minimum absolute atomic E-state index is 0.0457. The molecule has 46 heavy (non-hydrogen) atoms. The second-order valence-electron chi connectivity index (χ2n) is 10.9. The van der Waals surface area contributed by atoms with Crippen molar-refractivity contribution in [2.24, 2.45) is 5.92 Å². The number of hydrogen-bond donors (Lipinski definition) is 3. The Morgan fingerprint density at radius 2 is 1.54 bits per heavy atom. The van der Waals surface area contributed by atoms with E-state index in [4.69, 9.17) is 9.47 Å². The van der Waals surface area contributed by atoms with Gasteiger partial charge in [-0.25, -0.2) is 13.1 Å². The number of hydrogen-bond acceptors (Lipinski definition) is 10. The number of aliphatic hydroxyl groups excluding tert-OH is 1. The Morgan fingerprint density at radius 3 is 2.24 bits per heavy atom. The summed E-state index contributed by atoms with van der Waals surface area (Å²) in [7, 11) is -3.64. The lowest BCUT2D eigenvalue weighted by Crippen LogP contribution is -2.38. The number of aromatic nitrogens is 4. The van der Waals surface area contributed by atoms with Crippen LogP contribution in [0.4, 0.5) is 0 Å². The number of ether oxygens (including phenoxy) is 2. The molecule has 5 aromatic rings. The van der Waals surface area contributed by atoms with Crippen LogP contribution in [0.3, 0.4) is 0 Å². The molecule has 0 aliphatic carbocycles. The van der Waals surface area contributed by atoms with E-state index in [1.807, 2.05) is 48.5 Å². The highest BCUT2D eigenvalue weighted by Crippen LogP contribution is 2.43. The standard InChI is InChI=1S/C33H33N5O6S2/c1-22-30(21-45-33-35-36-37-38(33)27-15-17-28(40)18-16-27)43-32(44-31(22)25-11-9-24(20-39)10-12-25)26-13-7-23(8-14-26)19-34-46(41,42)29-5-3-2-4-6-29/h2-18,22,30-32,34,39-40H,19-21H2,1H3/t22-,30+,31+,32+/m0/s1. The molecular weight excluding hydrogens is 627 g/mol. The van der Waals surface area contributed by atoms with Crippen molar-refractivity contribution in [3.8, 4) is 11.4 Å². The Balaban J connectivity index is 1.19. The highest BCUT2D eigenvalue weighted by Gasteiger charge is 2.38. The van der Waals surface area contributed by atoms with Gasteiger partial charge < -0.3 is 19.7 Å². The van der Waals surface area contributed by atoms with E-state index in [2.05, 4.69) is 27.2 Å². The summed E-state index contributed by atoms with van der Waals surface area (Å²) in [6.45, 7) is 2.17. The van der Waals surface area contributed by atoms with Crippen molar-refractivity contribution in [2.75, 3.05) is 5.75 Å². The number of rotatable bonds is 11. The number of nitrogens with zero attached hydrogens (tertiary/aromatic N) is 4. The van der Waals surface area contributed by atoms with Gasteiger partial charge in [0, 0.05) is 23.8 Å². The number of sulfonamides is 1. The lowest BCUT2D eigenvalue weighted by Gasteiger charge is -2.41. The van der Waals surface area contributed by atoms with E-state index < -0.39 is 16.3 Å². The quantitative estimate of drug-likeness (QED) is 0.167. The molecule has 4 atom stereocenters. The van der Waals surface area contributed by atoms with Crippen molar-refractivity contribution >= 4 is 21.8 Å². The molecule has 0 amide bonds. The Labute approximate surface area is 271 Å². The first-order valence-corrected chi connectivity index (χ1v) is 17.1. The zero-order chi connectivity index (χ0) is 32.1. The van der Waals surface area contributed by atoms with Crippen LogP contribution in [-0.2, 0) is 32.6 Å². The monoisotopic (exact) mass is 659 g/mol. The molecule has 0 saturated carbocycles. The second-order valence-corrected chi connectivity index (χ2v) is 13.7.